The predicted octanol–water partition coefficient (Wildman–Crippen LogP) is 5.90. The molecule has 4 rings (SSSR count). The standard InChI is InChI=1S/C22H16Cl2N2O2/c1-14(27)26-22(28-21(25-26)19-12-11-18(23)13-20(19)24)17-9-7-16(8-10-17)15-5-3-2-4-6-15/h2-13,22H,1H3/t22-/m0/s1. The van der Waals surface area contributed by atoms with Crippen LogP contribution >= 0.6 is 23.2 Å². The minimum Gasteiger partial charge on any atom is -0.446 e. The van der Waals surface area contributed by atoms with E-state index in [-0.39, 0.29) is 11.8 Å². The van der Waals surface area contributed by atoms with Crippen LogP contribution in [-0.4, -0.2) is 16.8 Å². The molecule has 4 nitrogen and oxygen atoms in total. The molecule has 3 aromatic carbocycles. The summed E-state index contributed by atoms with van der Waals surface area (Å²) in [4.78, 5) is 12.1. The summed E-state index contributed by atoms with van der Waals surface area (Å²) < 4.78 is 6.00. The molecule has 1 atom stereocenters. The predicted molar refractivity (Wildman–Crippen MR) is 111 cm³/mol. The van der Waals surface area contributed by atoms with Crippen LogP contribution in [-0.2, 0) is 9.53 Å². The largest absolute Gasteiger partial charge is 0.446 e. The summed E-state index contributed by atoms with van der Waals surface area (Å²) >= 11 is 12.2. The van der Waals surface area contributed by atoms with Gasteiger partial charge in [0.25, 0.3) is 0 Å². The van der Waals surface area contributed by atoms with Crippen molar-refractivity contribution in [1.82, 2.24) is 5.01 Å². The van der Waals surface area contributed by atoms with Crippen LogP contribution in [0.5, 0.6) is 0 Å². The smallest absolute Gasteiger partial charge is 0.243 e. The zero-order chi connectivity index (χ0) is 19.7. The van der Waals surface area contributed by atoms with Crippen molar-refractivity contribution in [2.24, 2.45) is 5.10 Å². The number of rotatable bonds is 3. The molecule has 1 aliphatic rings. The summed E-state index contributed by atoms with van der Waals surface area (Å²) in [5.41, 5.74) is 3.60. The number of nitrogens with zero attached hydrogens (tertiary/aromatic N) is 2. The number of hydrazone groups is 1. The van der Waals surface area contributed by atoms with E-state index in [9.17, 15) is 4.79 Å². The molecule has 0 N–H and O–H groups in total. The molecular formula is C22H16Cl2N2O2. The molecule has 1 heterocycles. The molecule has 0 aromatic heterocycles. The molecule has 3 aromatic rings. The molecule has 140 valence electrons. The summed E-state index contributed by atoms with van der Waals surface area (Å²) in [5.74, 6) is 0.0613. The van der Waals surface area contributed by atoms with Gasteiger partial charge in [-0.15, -0.1) is 5.10 Å². The van der Waals surface area contributed by atoms with Crippen molar-refractivity contribution < 1.29 is 9.53 Å². The number of carbonyl (C=O) groups is 1. The normalized spacial score (nSPS) is 15.9. The monoisotopic (exact) mass is 410 g/mol. The summed E-state index contributed by atoms with van der Waals surface area (Å²) in [6.07, 6.45) is -0.649. The van der Waals surface area contributed by atoms with Gasteiger partial charge in [-0.25, -0.2) is 0 Å². The van der Waals surface area contributed by atoms with Gasteiger partial charge in [-0.2, -0.15) is 5.01 Å². The Bertz CT molecular complexity index is 1050. The molecule has 0 saturated heterocycles. The van der Waals surface area contributed by atoms with Crippen molar-refractivity contribution in [3.05, 3.63) is 94.0 Å². The third kappa shape index (κ3) is 3.61. The lowest BCUT2D eigenvalue weighted by atomic mass is 10.0. The molecule has 0 aliphatic carbocycles. The molecule has 0 unspecified atom stereocenters. The average Bonchev–Trinajstić information content (AvgIpc) is 3.14. The second kappa shape index (κ2) is 7.66. The van der Waals surface area contributed by atoms with Gasteiger partial charge in [-0.3, -0.25) is 4.79 Å². The van der Waals surface area contributed by atoms with Gasteiger partial charge in [-0.1, -0.05) is 77.8 Å². The molecule has 1 amide bonds. The summed E-state index contributed by atoms with van der Waals surface area (Å²) in [6, 6.07) is 23.0. The van der Waals surface area contributed by atoms with Gasteiger partial charge in [-0.05, 0) is 29.3 Å². The average molecular weight is 411 g/mol. The first-order valence-electron chi connectivity index (χ1n) is 8.69. The van der Waals surface area contributed by atoms with Crippen molar-refractivity contribution in [1.29, 1.82) is 0 Å². The molecule has 0 bridgehead atoms. The topological polar surface area (TPSA) is 41.9 Å². The third-order valence-corrected chi connectivity index (χ3v) is 4.98. The number of hydrogen-bond acceptors (Lipinski definition) is 3. The lowest BCUT2D eigenvalue weighted by Gasteiger charge is -2.19. The lowest BCUT2D eigenvalue weighted by molar-refractivity contribution is -0.135. The van der Waals surface area contributed by atoms with E-state index in [0.717, 1.165) is 16.7 Å². The Hall–Kier alpha value is -2.82. The second-order valence-corrected chi connectivity index (χ2v) is 7.19. The second-order valence-electron chi connectivity index (χ2n) is 6.35. The Morgan fingerprint density at radius 2 is 1.64 bits per heavy atom. The van der Waals surface area contributed by atoms with Crippen LogP contribution in [0.1, 0.15) is 24.3 Å². The van der Waals surface area contributed by atoms with Crippen LogP contribution in [0.15, 0.2) is 77.9 Å². The highest BCUT2D eigenvalue weighted by atomic mass is 35.5. The van der Waals surface area contributed by atoms with E-state index in [1.165, 1.54) is 11.9 Å². The maximum Gasteiger partial charge on any atom is 0.243 e. The Labute approximate surface area is 173 Å². The van der Waals surface area contributed by atoms with Crippen LogP contribution in [0.2, 0.25) is 10.0 Å². The van der Waals surface area contributed by atoms with Crippen molar-refractivity contribution in [3.8, 4) is 11.1 Å². The fraction of sp³-hybridized carbons (Fsp3) is 0.0909. The Kier molecular flexibility index (Phi) is 5.07. The number of hydrogen-bond donors (Lipinski definition) is 0. The zero-order valence-corrected chi connectivity index (χ0v) is 16.5. The maximum absolute atomic E-state index is 12.1. The third-order valence-electron chi connectivity index (χ3n) is 4.43. The highest BCUT2D eigenvalue weighted by Crippen LogP contribution is 2.33. The van der Waals surface area contributed by atoms with Crippen molar-refractivity contribution in [2.75, 3.05) is 0 Å². The molecule has 0 spiro atoms. The minimum absolute atomic E-state index is 0.225. The van der Waals surface area contributed by atoms with E-state index < -0.39 is 6.23 Å². The van der Waals surface area contributed by atoms with Gasteiger partial charge in [0.2, 0.25) is 18.0 Å². The first-order chi connectivity index (χ1) is 13.5. The summed E-state index contributed by atoms with van der Waals surface area (Å²) in [6.45, 7) is 1.45. The van der Waals surface area contributed by atoms with Crippen molar-refractivity contribution in [2.45, 2.75) is 13.2 Å². The van der Waals surface area contributed by atoms with Crippen molar-refractivity contribution >= 4 is 35.0 Å². The molecule has 0 saturated carbocycles. The first-order valence-corrected chi connectivity index (χ1v) is 9.44. The van der Waals surface area contributed by atoms with Crippen molar-refractivity contribution in [3.63, 3.8) is 0 Å². The van der Waals surface area contributed by atoms with E-state index in [4.69, 9.17) is 27.9 Å². The number of halogens is 2. The van der Waals surface area contributed by atoms with Crippen LogP contribution in [0.3, 0.4) is 0 Å². The van der Waals surface area contributed by atoms with E-state index in [1.54, 1.807) is 18.2 Å². The molecular weight excluding hydrogens is 395 g/mol. The highest BCUT2D eigenvalue weighted by molar-refractivity contribution is 6.36. The fourth-order valence-corrected chi connectivity index (χ4v) is 3.51. The highest BCUT2D eigenvalue weighted by Gasteiger charge is 2.33. The lowest BCUT2D eigenvalue weighted by Crippen LogP contribution is -2.25. The number of carbonyl (C=O) groups excluding carboxylic acids is 1. The summed E-state index contributed by atoms with van der Waals surface area (Å²) in [5, 5.41) is 6.58. The van der Waals surface area contributed by atoms with Gasteiger partial charge < -0.3 is 4.74 Å². The molecule has 0 radical (unpaired) electrons. The molecule has 6 heteroatoms. The van der Waals surface area contributed by atoms with Gasteiger partial charge in [0.15, 0.2) is 0 Å². The number of ether oxygens (including phenoxy) is 1. The van der Waals surface area contributed by atoms with E-state index >= 15 is 0 Å². The quantitative estimate of drug-likeness (QED) is 0.539. The Morgan fingerprint density at radius 1 is 0.964 bits per heavy atom. The van der Waals surface area contributed by atoms with E-state index in [0.29, 0.717) is 15.6 Å². The van der Waals surface area contributed by atoms with Crippen LogP contribution in [0, 0.1) is 0 Å². The first kappa shape index (κ1) is 18.5. The Balaban J connectivity index is 1.63. The van der Waals surface area contributed by atoms with E-state index in [2.05, 4.69) is 5.10 Å². The maximum atomic E-state index is 12.1. The van der Waals surface area contributed by atoms with Gasteiger partial charge in [0, 0.05) is 17.5 Å². The van der Waals surface area contributed by atoms with Crippen LogP contribution in [0.4, 0.5) is 0 Å². The van der Waals surface area contributed by atoms with Gasteiger partial charge >= 0.3 is 0 Å². The molecule has 1 aliphatic heterocycles. The minimum atomic E-state index is -0.649. The molecule has 28 heavy (non-hydrogen) atoms. The summed E-state index contributed by atoms with van der Waals surface area (Å²) in [7, 11) is 0. The van der Waals surface area contributed by atoms with Crippen LogP contribution in [0.25, 0.3) is 11.1 Å². The fourth-order valence-electron chi connectivity index (χ4n) is 3.03. The number of amides is 1. The SMILES string of the molecule is CC(=O)N1N=C(c2ccc(Cl)cc2Cl)O[C@H]1c1ccc(-c2ccccc2)cc1. The van der Waals surface area contributed by atoms with Crippen LogP contribution < -0.4 is 0 Å². The number of benzene rings is 3. The van der Waals surface area contributed by atoms with Gasteiger partial charge in [0.05, 0.1) is 10.6 Å². The van der Waals surface area contributed by atoms with E-state index in [1.807, 2.05) is 54.6 Å². The van der Waals surface area contributed by atoms with Gasteiger partial charge in [0.1, 0.15) is 0 Å². The molecule has 0 fully saturated rings. The Morgan fingerprint density at radius 3 is 2.29 bits per heavy atom. The zero-order valence-electron chi connectivity index (χ0n) is 15.0.